The molecule has 3 aromatic carbocycles. The van der Waals surface area contributed by atoms with Crippen LogP contribution in [0.4, 0.5) is 0 Å². The van der Waals surface area contributed by atoms with Gasteiger partial charge in [0, 0.05) is 12.0 Å². The number of hydrogen-bond donors (Lipinski definition) is 0. The first-order valence-corrected chi connectivity index (χ1v) is 8.26. The molecule has 0 aliphatic rings. The van der Waals surface area contributed by atoms with Gasteiger partial charge < -0.3 is 4.74 Å². The van der Waals surface area contributed by atoms with Gasteiger partial charge in [-0.05, 0) is 22.3 Å². The van der Waals surface area contributed by atoms with Gasteiger partial charge in [-0.1, -0.05) is 91.0 Å². The minimum atomic E-state index is -0.299. The van der Waals surface area contributed by atoms with Crippen LogP contribution in [0.3, 0.4) is 0 Å². The van der Waals surface area contributed by atoms with Crippen molar-refractivity contribution in [2.45, 2.75) is 6.42 Å². The molecule has 0 atom stereocenters. The molecule has 0 bridgehead atoms. The summed E-state index contributed by atoms with van der Waals surface area (Å²) in [4.78, 5) is 12.6. The Balaban J connectivity index is 2.21. The molecule has 0 spiro atoms. The van der Waals surface area contributed by atoms with E-state index in [1.165, 1.54) is 7.11 Å². The molecule has 0 amide bonds. The van der Waals surface area contributed by atoms with Gasteiger partial charge in [0.25, 0.3) is 0 Å². The zero-order chi connectivity index (χ0) is 17.5. The average Bonchev–Trinajstić information content (AvgIpc) is 2.69. The molecule has 0 radical (unpaired) electrons. The molecular weight excluding hydrogens is 308 g/mol. The molecule has 0 aliphatic heterocycles. The lowest BCUT2D eigenvalue weighted by atomic mass is 9.90. The fraction of sp³-hybridized carbons (Fsp3) is 0.0870. The number of rotatable bonds is 5. The molecule has 0 N–H and O–H groups in total. The summed E-state index contributed by atoms with van der Waals surface area (Å²) in [5, 5.41) is 0. The van der Waals surface area contributed by atoms with Crippen molar-refractivity contribution >= 4 is 11.5 Å². The first-order chi connectivity index (χ1) is 12.3. The first-order valence-electron chi connectivity index (χ1n) is 8.26. The van der Waals surface area contributed by atoms with Gasteiger partial charge in [-0.2, -0.15) is 0 Å². The molecule has 0 saturated heterocycles. The molecule has 2 heteroatoms. The van der Waals surface area contributed by atoms with Gasteiger partial charge in [-0.25, -0.2) is 4.79 Å². The Morgan fingerprint density at radius 2 is 1.16 bits per heavy atom. The Labute approximate surface area is 148 Å². The molecule has 0 heterocycles. The van der Waals surface area contributed by atoms with Gasteiger partial charge in [0.05, 0.1) is 7.11 Å². The quantitative estimate of drug-likeness (QED) is 0.492. The number of methoxy groups -OCH3 is 1. The topological polar surface area (TPSA) is 26.3 Å². The number of hydrogen-bond acceptors (Lipinski definition) is 2. The fourth-order valence-corrected chi connectivity index (χ4v) is 2.91. The molecule has 0 aromatic heterocycles. The van der Waals surface area contributed by atoms with Crippen LogP contribution in [0.25, 0.3) is 5.57 Å². The average molecular weight is 328 g/mol. The molecule has 25 heavy (non-hydrogen) atoms. The summed E-state index contributed by atoms with van der Waals surface area (Å²) < 4.78 is 5.11. The third-order valence-electron chi connectivity index (χ3n) is 4.08. The third kappa shape index (κ3) is 4.04. The van der Waals surface area contributed by atoms with E-state index in [0.717, 1.165) is 22.3 Å². The Kier molecular flexibility index (Phi) is 5.43. The van der Waals surface area contributed by atoms with E-state index in [-0.39, 0.29) is 5.97 Å². The molecule has 0 saturated carbocycles. The van der Waals surface area contributed by atoms with E-state index in [4.69, 9.17) is 4.74 Å². The van der Waals surface area contributed by atoms with Crippen molar-refractivity contribution in [3.8, 4) is 0 Å². The minimum Gasteiger partial charge on any atom is -0.466 e. The van der Waals surface area contributed by atoms with Crippen molar-refractivity contribution in [3.05, 3.63) is 113 Å². The lowest BCUT2D eigenvalue weighted by molar-refractivity contribution is -0.136. The monoisotopic (exact) mass is 328 g/mol. The molecule has 2 nitrogen and oxygen atoms in total. The van der Waals surface area contributed by atoms with Crippen molar-refractivity contribution < 1.29 is 9.53 Å². The minimum absolute atomic E-state index is 0.299. The molecular formula is C23H20O2. The summed E-state index contributed by atoms with van der Waals surface area (Å²) in [6.45, 7) is 0. The second kappa shape index (κ2) is 8.11. The summed E-state index contributed by atoms with van der Waals surface area (Å²) in [6, 6.07) is 30.0. The van der Waals surface area contributed by atoms with Crippen LogP contribution in [0.5, 0.6) is 0 Å². The lowest BCUT2D eigenvalue weighted by Crippen LogP contribution is -2.11. The zero-order valence-corrected chi connectivity index (χ0v) is 14.2. The standard InChI is InChI=1S/C23H20O2/c1-25-23(24)21(17-18-11-5-2-6-12-18)22(19-13-7-3-8-14-19)20-15-9-4-10-16-20/h2-16H,17H2,1H3. The van der Waals surface area contributed by atoms with Gasteiger partial charge in [0.15, 0.2) is 0 Å². The molecule has 0 unspecified atom stereocenters. The van der Waals surface area contributed by atoms with Crippen molar-refractivity contribution in [3.63, 3.8) is 0 Å². The summed E-state index contributed by atoms with van der Waals surface area (Å²) >= 11 is 0. The maximum Gasteiger partial charge on any atom is 0.334 e. The number of carbonyl (C=O) groups is 1. The van der Waals surface area contributed by atoms with Crippen molar-refractivity contribution in [1.29, 1.82) is 0 Å². The van der Waals surface area contributed by atoms with E-state index in [9.17, 15) is 4.79 Å². The predicted molar refractivity (Wildman–Crippen MR) is 101 cm³/mol. The van der Waals surface area contributed by atoms with E-state index in [2.05, 4.69) is 0 Å². The second-order valence-electron chi connectivity index (χ2n) is 5.74. The van der Waals surface area contributed by atoms with E-state index < -0.39 is 0 Å². The lowest BCUT2D eigenvalue weighted by Gasteiger charge is -2.15. The van der Waals surface area contributed by atoms with Crippen LogP contribution >= 0.6 is 0 Å². The fourth-order valence-electron chi connectivity index (χ4n) is 2.91. The Bertz CT molecular complexity index is 809. The maximum absolute atomic E-state index is 12.6. The highest BCUT2D eigenvalue weighted by atomic mass is 16.5. The summed E-state index contributed by atoms with van der Waals surface area (Å²) in [5.74, 6) is -0.299. The van der Waals surface area contributed by atoms with E-state index in [1.54, 1.807) is 0 Å². The second-order valence-corrected chi connectivity index (χ2v) is 5.74. The first kappa shape index (κ1) is 16.7. The Morgan fingerprint density at radius 1 is 0.720 bits per heavy atom. The summed E-state index contributed by atoms with van der Waals surface area (Å²) in [6.07, 6.45) is 0.520. The number of esters is 1. The normalized spacial score (nSPS) is 10.1. The SMILES string of the molecule is COC(=O)C(Cc1ccccc1)=C(c1ccccc1)c1ccccc1. The van der Waals surface area contributed by atoms with Gasteiger partial charge in [0.1, 0.15) is 0 Å². The number of ether oxygens (including phenoxy) is 1. The van der Waals surface area contributed by atoms with Gasteiger partial charge in [-0.15, -0.1) is 0 Å². The zero-order valence-electron chi connectivity index (χ0n) is 14.2. The van der Waals surface area contributed by atoms with Crippen LogP contribution in [-0.4, -0.2) is 13.1 Å². The maximum atomic E-state index is 12.6. The molecule has 3 aromatic rings. The van der Waals surface area contributed by atoms with Crippen LogP contribution in [-0.2, 0) is 16.0 Å². The largest absolute Gasteiger partial charge is 0.466 e. The molecule has 3 rings (SSSR count). The van der Waals surface area contributed by atoms with E-state index in [0.29, 0.717) is 12.0 Å². The van der Waals surface area contributed by atoms with Gasteiger partial charge in [-0.3, -0.25) is 0 Å². The van der Waals surface area contributed by atoms with Crippen molar-refractivity contribution in [2.24, 2.45) is 0 Å². The third-order valence-corrected chi connectivity index (χ3v) is 4.08. The highest BCUT2D eigenvalue weighted by molar-refractivity contribution is 6.02. The molecule has 124 valence electrons. The van der Waals surface area contributed by atoms with Crippen LogP contribution in [0.15, 0.2) is 96.6 Å². The predicted octanol–water partition coefficient (Wildman–Crippen LogP) is 4.90. The summed E-state index contributed by atoms with van der Waals surface area (Å²) in [5.41, 5.74) is 4.66. The number of carbonyl (C=O) groups excluding carboxylic acids is 1. The molecule has 0 fully saturated rings. The van der Waals surface area contributed by atoms with Crippen molar-refractivity contribution in [2.75, 3.05) is 7.11 Å². The van der Waals surface area contributed by atoms with Crippen molar-refractivity contribution in [1.82, 2.24) is 0 Å². The van der Waals surface area contributed by atoms with Gasteiger partial charge >= 0.3 is 5.97 Å². The summed E-state index contributed by atoms with van der Waals surface area (Å²) in [7, 11) is 1.43. The molecule has 0 aliphatic carbocycles. The Hall–Kier alpha value is -3.13. The van der Waals surface area contributed by atoms with Crippen LogP contribution in [0.2, 0.25) is 0 Å². The number of benzene rings is 3. The van der Waals surface area contributed by atoms with E-state index in [1.807, 2.05) is 91.0 Å². The van der Waals surface area contributed by atoms with Gasteiger partial charge in [0.2, 0.25) is 0 Å². The smallest absolute Gasteiger partial charge is 0.334 e. The van der Waals surface area contributed by atoms with Crippen LogP contribution in [0, 0.1) is 0 Å². The highest BCUT2D eigenvalue weighted by Gasteiger charge is 2.19. The van der Waals surface area contributed by atoms with E-state index >= 15 is 0 Å². The van der Waals surface area contributed by atoms with Crippen LogP contribution in [0.1, 0.15) is 16.7 Å². The highest BCUT2D eigenvalue weighted by Crippen LogP contribution is 2.29. The Morgan fingerprint density at radius 3 is 1.60 bits per heavy atom. The van der Waals surface area contributed by atoms with Crippen LogP contribution < -0.4 is 0 Å².